The van der Waals surface area contributed by atoms with Gasteiger partial charge in [0.15, 0.2) is 5.13 Å². The molecule has 0 radical (unpaired) electrons. The number of aryl methyl sites for hydroxylation is 1. The fraction of sp³-hybridized carbons (Fsp3) is 0.500. The van der Waals surface area contributed by atoms with Crippen LogP contribution in [0.2, 0.25) is 0 Å². The summed E-state index contributed by atoms with van der Waals surface area (Å²) in [6.07, 6.45) is 6.20. The van der Waals surface area contributed by atoms with Crippen molar-refractivity contribution in [2.24, 2.45) is 5.92 Å². The summed E-state index contributed by atoms with van der Waals surface area (Å²) in [5.74, 6) is 0.626. The SMILES string of the molecule is C.CC(=O)Nc1ncc(CN2CCC(Cc3ccc(C)nc3)C2)s1.S. The van der Waals surface area contributed by atoms with Crippen LogP contribution in [-0.2, 0) is 17.8 Å². The van der Waals surface area contributed by atoms with E-state index in [9.17, 15) is 4.79 Å². The van der Waals surface area contributed by atoms with Crippen LogP contribution in [0, 0.1) is 12.8 Å². The van der Waals surface area contributed by atoms with Crippen LogP contribution in [0.4, 0.5) is 5.13 Å². The molecule has 1 atom stereocenters. The summed E-state index contributed by atoms with van der Waals surface area (Å²) in [5.41, 5.74) is 2.40. The van der Waals surface area contributed by atoms with Crippen LogP contribution in [-0.4, -0.2) is 33.9 Å². The molecule has 1 aliphatic rings. The predicted molar refractivity (Wildman–Crippen MR) is 110 cm³/mol. The summed E-state index contributed by atoms with van der Waals surface area (Å²) >= 11 is 1.56. The van der Waals surface area contributed by atoms with E-state index < -0.39 is 0 Å². The van der Waals surface area contributed by atoms with Gasteiger partial charge in [-0.2, -0.15) is 13.5 Å². The van der Waals surface area contributed by atoms with Crippen molar-refractivity contribution in [1.82, 2.24) is 14.9 Å². The van der Waals surface area contributed by atoms with Crippen molar-refractivity contribution >= 4 is 35.9 Å². The van der Waals surface area contributed by atoms with E-state index in [1.807, 2.05) is 19.3 Å². The number of likely N-dealkylation sites (tertiary alicyclic amines) is 1. The number of anilines is 1. The highest BCUT2D eigenvalue weighted by Gasteiger charge is 2.23. The molecule has 1 fully saturated rings. The van der Waals surface area contributed by atoms with E-state index in [4.69, 9.17) is 0 Å². The Morgan fingerprint density at radius 2 is 2.16 bits per heavy atom. The van der Waals surface area contributed by atoms with Crippen molar-refractivity contribution in [3.63, 3.8) is 0 Å². The second-order valence-electron chi connectivity index (χ2n) is 6.21. The van der Waals surface area contributed by atoms with E-state index in [1.54, 1.807) is 11.3 Å². The number of thiazole rings is 1. The van der Waals surface area contributed by atoms with E-state index in [2.05, 4.69) is 32.3 Å². The number of pyridine rings is 1. The van der Waals surface area contributed by atoms with Crippen LogP contribution in [0.15, 0.2) is 24.5 Å². The number of nitrogens with one attached hydrogen (secondary N) is 1. The minimum atomic E-state index is -0.0705. The fourth-order valence-electron chi connectivity index (χ4n) is 2.98. The molecule has 0 spiro atoms. The summed E-state index contributed by atoms with van der Waals surface area (Å²) in [4.78, 5) is 23.3. The third kappa shape index (κ3) is 6.41. The molecule has 138 valence electrons. The molecular formula is C18H28N4OS2. The molecule has 1 saturated heterocycles. The number of carbonyl (C=O) groups excluding carboxylic acids is 1. The standard InChI is InChI=1S/C17H22N4OS.CH4.H2S/c1-12-3-4-14(8-18-12)7-15-5-6-21(10-15)11-16-9-19-17(23-16)20-13(2)22;;/h3-4,8-9,15H,5-7,10-11H2,1-2H3,(H,19,20,22);1H4;1H2. The van der Waals surface area contributed by atoms with Crippen molar-refractivity contribution in [2.75, 3.05) is 18.4 Å². The Bertz CT molecular complexity index is 672. The first-order valence-corrected chi connectivity index (χ1v) is 8.76. The Balaban J connectivity index is 0.00000156. The quantitative estimate of drug-likeness (QED) is 0.861. The maximum Gasteiger partial charge on any atom is 0.223 e. The number of hydrogen-bond donors (Lipinski definition) is 1. The molecule has 0 aliphatic carbocycles. The maximum atomic E-state index is 11.0. The van der Waals surface area contributed by atoms with Gasteiger partial charge in [0, 0.05) is 43.0 Å². The Labute approximate surface area is 161 Å². The molecule has 5 nitrogen and oxygen atoms in total. The lowest BCUT2D eigenvalue weighted by Crippen LogP contribution is -2.20. The monoisotopic (exact) mass is 380 g/mol. The van der Waals surface area contributed by atoms with Crippen molar-refractivity contribution in [3.05, 3.63) is 40.7 Å². The number of amides is 1. The van der Waals surface area contributed by atoms with Crippen molar-refractivity contribution < 1.29 is 4.79 Å². The summed E-state index contributed by atoms with van der Waals surface area (Å²) < 4.78 is 0. The van der Waals surface area contributed by atoms with Crippen molar-refractivity contribution in [1.29, 1.82) is 0 Å². The van der Waals surface area contributed by atoms with Crippen molar-refractivity contribution in [3.8, 4) is 0 Å². The topological polar surface area (TPSA) is 58.1 Å². The first kappa shape index (κ1) is 21.6. The predicted octanol–water partition coefficient (Wildman–Crippen LogP) is 3.62. The van der Waals surface area contributed by atoms with Gasteiger partial charge in [-0.05, 0) is 43.9 Å². The molecule has 2 aromatic rings. The first-order chi connectivity index (χ1) is 11.1. The Morgan fingerprint density at radius 3 is 2.84 bits per heavy atom. The van der Waals surface area contributed by atoms with Gasteiger partial charge in [0.25, 0.3) is 0 Å². The summed E-state index contributed by atoms with van der Waals surface area (Å²) in [6, 6.07) is 4.27. The van der Waals surface area contributed by atoms with Gasteiger partial charge < -0.3 is 5.32 Å². The smallest absolute Gasteiger partial charge is 0.223 e. The largest absolute Gasteiger partial charge is 0.302 e. The van der Waals surface area contributed by atoms with Crippen LogP contribution in [0.3, 0.4) is 0 Å². The van der Waals surface area contributed by atoms with Gasteiger partial charge in [0.2, 0.25) is 5.91 Å². The zero-order valence-corrected chi connectivity index (χ0v) is 15.9. The summed E-state index contributed by atoms with van der Waals surface area (Å²) in [5, 5.41) is 3.43. The molecule has 7 heteroatoms. The second kappa shape index (κ2) is 9.89. The molecule has 2 aromatic heterocycles. The average Bonchev–Trinajstić information content (AvgIpc) is 3.11. The van der Waals surface area contributed by atoms with Gasteiger partial charge in [-0.3, -0.25) is 14.7 Å². The normalized spacial score (nSPS) is 16.8. The first-order valence-electron chi connectivity index (χ1n) is 7.94. The molecule has 1 amide bonds. The second-order valence-corrected chi connectivity index (χ2v) is 7.33. The lowest BCUT2D eigenvalue weighted by Gasteiger charge is -2.14. The molecule has 0 bridgehead atoms. The number of carbonyl (C=O) groups is 1. The summed E-state index contributed by atoms with van der Waals surface area (Å²) in [7, 11) is 0. The Morgan fingerprint density at radius 1 is 1.36 bits per heavy atom. The van der Waals surface area contributed by atoms with Gasteiger partial charge in [-0.1, -0.05) is 13.5 Å². The molecule has 1 N–H and O–H groups in total. The van der Waals surface area contributed by atoms with E-state index >= 15 is 0 Å². The van der Waals surface area contributed by atoms with Crippen molar-refractivity contribution in [2.45, 2.75) is 40.7 Å². The lowest BCUT2D eigenvalue weighted by atomic mass is 10.00. The van der Waals surface area contributed by atoms with E-state index in [-0.39, 0.29) is 26.8 Å². The van der Waals surface area contributed by atoms with Gasteiger partial charge in [-0.15, -0.1) is 11.3 Å². The highest BCUT2D eigenvalue weighted by molar-refractivity contribution is 7.59. The maximum absolute atomic E-state index is 11.0. The fourth-order valence-corrected chi connectivity index (χ4v) is 3.89. The minimum Gasteiger partial charge on any atom is -0.302 e. The number of rotatable bonds is 5. The third-order valence-corrected chi connectivity index (χ3v) is 4.98. The van der Waals surface area contributed by atoms with Crippen LogP contribution < -0.4 is 5.32 Å². The van der Waals surface area contributed by atoms with Gasteiger partial charge in [0.1, 0.15) is 0 Å². The molecule has 0 saturated carbocycles. The van der Waals surface area contributed by atoms with Gasteiger partial charge in [0.05, 0.1) is 0 Å². The molecule has 3 heterocycles. The highest BCUT2D eigenvalue weighted by Crippen LogP contribution is 2.25. The minimum absolute atomic E-state index is 0. The Hall–Kier alpha value is -1.44. The zero-order valence-electron chi connectivity index (χ0n) is 14.1. The Kier molecular flexibility index (Phi) is 8.55. The zero-order chi connectivity index (χ0) is 16.2. The lowest BCUT2D eigenvalue weighted by molar-refractivity contribution is -0.114. The average molecular weight is 381 g/mol. The number of aromatic nitrogens is 2. The molecule has 3 rings (SSSR count). The molecular weight excluding hydrogens is 352 g/mol. The van der Waals surface area contributed by atoms with Crippen LogP contribution in [0.25, 0.3) is 0 Å². The van der Waals surface area contributed by atoms with Crippen LogP contribution in [0.5, 0.6) is 0 Å². The third-order valence-electron chi connectivity index (χ3n) is 4.08. The van der Waals surface area contributed by atoms with Crippen LogP contribution >= 0.6 is 24.8 Å². The van der Waals surface area contributed by atoms with E-state index in [0.717, 1.165) is 31.7 Å². The molecule has 1 aliphatic heterocycles. The van der Waals surface area contributed by atoms with E-state index in [0.29, 0.717) is 11.0 Å². The molecule has 0 aromatic carbocycles. The molecule has 25 heavy (non-hydrogen) atoms. The molecule has 1 unspecified atom stereocenters. The van der Waals surface area contributed by atoms with Gasteiger partial charge in [-0.25, -0.2) is 4.98 Å². The number of nitrogens with zero attached hydrogens (tertiary/aromatic N) is 3. The van der Waals surface area contributed by atoms with Gasteiger partial charge >= 0.3 is 0 Å². The summed E-state index contributed by atoms with van der Waals surface area (Å²) in [6.45, 7) is 6.68. The van der Waals surface area contributed by atoms with E-state index in [1.165, 1.54) is 23.8 Å². The number of hydrogen-bond acceptors (Lipinski definition) is 5. The van der Waals surface area contributed by atoms with Crippen LogP contribution in [0.1, 0.15) is 36.9 Å². The highest BCUT2D eigenvalue weighted by atomic mass is 32.1.